The Morgan fingerprint density at radius 2 is 0.786 bits per heavy atom. The van der Waals surface area contributed by atoms with Gasteiger partial charge in [-0.2, -0.15) is 0 Å². The minimum atomic E-state index is -0.483. The Labute approximate surface area is 241 Å². The third-order valence-electron chi connectivity index (χ3n) is 8.42. The highest BCUT2D eigenvalue weighted by molar-refractivity contribution is 6.42. The summed E-state index contributed by atoms with van der Waals surface area (Å²) in [6, 6.07) is 21.2. The van der Waals surface area contributed by atoms with E-state index in [1.807, 2.05) is 60.7 Å². The first-order valence-corrected chi connectivity index (χ1v) is 13.8. The highest BCUT2D eigenvalue weighted by Crippen LogP contribution is 2.43. The molecule has 200 valence electrons. The maximum Gasteiger partial charge on any atom is 0.266 e. The minimum absolute atomic E-state index is 0.287. The lowest BCUT2D eigenvalue weighted by Gasteiger charge is -2.33. The molecule has 0 bridgehead atoms. The van der Waals surface area contributed by atoms with Gasteiger partial charge in [-0.3, -0.25) is 19.2 Å². The zero-order valence-corrected chi connectivity index (χ0v) is 22.3. The van der Waals surface area contributed by atoms with Crippen LogP contribution in [0, 0.1) is 0 Å². The fourth-order valence-electron chi connectivity index (χ4n) is 6.49. The Bertz CT molecular complexity index is 1860. The van der Waals surface area contributed by atoms with Crippen molar-refractivity contribution < 1.29 is 19.2 Å². The summed E-state index contributed by atoms with van der Waals surface area (Å²) in [6.45, 7) is 0. The number of nitrogens with zero attached hydrogens (tertiary/aromatic N) is 2. The van der Waals surface area contributed by atoms with Crippen LogP contribution in [-0.2, 0) is 0 Å². The average Bonchev–Trinajstić information content (AvgIpc) is 3.75. The van der Waals surface area contributed by atoms with Crippen molar-refractivity contribution in [1.29, 1.82) is 0 Å². The van der Waals surface area contributed by atoms with Crippen molar-refractivity contribution in [2.75, 3.05) is 9.80 Å². The maximum atomic E-state index is 14.0. The third-order valence-corrected chi connectivity index (χ3v) is 8.42. The molecule has 0 unspecified atom stereocenters. The summed E-state index contributed by atoms with van der Waals surface area (Å²) in [5, 5.41) is 0.709. The number of imide groups is 2. The predicted molar refractivity (Wildman–Crippen MR) is 163 cm³/mol. The second-order valence-corrected chi connectivity index (χ2v) is 10.6. The molecule has 0 aromatic heterocycles. The molecule has 0 fully saturated rings. The number of carbonyl (C=O) groups excluding carboxylic acids is 4. The second kappa shape index (κ2) is 8.94. The van der Waals surface area contributed by atoms with Gasteiger partial charge < -0.3 is 0 Å². The van der Waals surface area contributed by atoms with E-state index in [1.165, 1.54) is 9.80 Å². The Morgan fingerprint density at radius 3 is 1.12 bits per heavy atom. The number of anilines is 2. The molecule has 0 saturated heterocycles. The highest BCUT2D eigenvalue weighted by Gasteiger charge is 2.41. The molecular formula is C36H22N2O4. The number of para-hydroxylation sites is 2. The topological polar surface area (TPSA) is 74.8 Å². The van der Waals surface area contributed by atoms with E-state index < -0.39 is 23.6 Å². The van der Waals surface area contributed by atoms with Crippen molar-refractivity contribution in [3.05, 3.63) is 143 Å². The van der Waals surface area contributed by atoms with Gasteiger partial charge in [-0.1, -0.05) is 72.9 Å². The van der Waals surface area contributed by atoms with E-state index in [0.717, 1.165) is 22.3 Å². The second-order valence-electron chi connectivity index (χ2n) is 10.6. The van der Waals surface area contributed by atoms with Gasteiger partial charge in [0.2, 0.25) is 0 Å². The number of hydrogen-bond donors (Lipinski definition) is 0. The summed E-state index contributed by atoms with van der Waals surface area (Å²) in [5.74, 6) is -1.93. The van der Waals surface area contributed by atoms with E-state index >= 15 is 0 Å². The lowest BCUT2D eigenvalue weighted by Crippen LogP contribution is -2.44. The lowest BCUT2D eigenvalue weighted by molar-refractivity contribution is 0.0873. The van der Waals surface area contributed by atoms with Crippen molar-refractivity contribution in [1.82, 2.24) is 0 Å². The summed E-state index contributed by atoms with van der Waals surface area (Å²) < 4.78 is 0. The molecule has 8 rings (SSSR count). The van der Waals surface area contributed by atoms with E-state index in [0.29, 0.717) is 35.0 Å². The third kappa shape index (κ3) is 3.26. The molecule has 4 aliphatic rings. The van der Waals surface area contributed by atoms with Gasteiger partial charge in [-0.25, -0.2) is 9.80 Å². The van der Waals surface area contributed by atoms with Crippen LogP contribution in [0.25, 0.3) is 21.9 Å². The number of amides is 4. The van der Waals surface area contributed by atoms with E-state index in [2.05, 4.69) is 0 Å². The summed E-state index contributed by atoms with van der Waals surface area (Å²) in [5.41, 5.74) is 5.82. The first-order chi connectivity index (χ1) is 20.5. The summed E-state index contributed by atoms with van der Waals surface area (Å²) in [4.78, 5) is 58.5. The van der Waals surface area contributed by atoms with Crippen LogP contribution >= 0.6 is 0 Å². The fraction of sp³-hybridized carbons (Fsp3) is 0.0556. The quantitative estimate of drug-likeness (QED) is 0.255. The molecule has 2 aliphatic carbocycles. The molecule has 6 nitrogen and oxygen atoms in total. The number of benzene rings is 4. The zero-order valence-electron chi connectivity index (χ0n) is 22.3. The van der Waals surface area contributed by atoms with E-state index in [1.54, 1.807) is 48.5 Å². The van der Waals surface area contributed by atoms with Gasteiger partial charge in [-0.05, 0) is 60.4 Å². The zero-order chi connectivity index (χ0) is 28.5. The van der Waals surface area contributed by atoms with E-state index in [9.17, 15) is 19.2 Å². The molecule has 42 heavy (non-hydrogen) atoms. The predicted octanol–water partition coefficient (Wildman–Crippen LogP) is 7.13. The molecule has 0 N–H and O–H groups in total. The number of hydrogen-bond acceptors (Lipinski definition) is 4. The number of rotatable bonds is 4. The molecule has 2 heterocycles. The van der Waals surface area contributed by atoms with Gasteiger partial charge in [0.1, 0.15) is 0 Å². The average molecular weight is 547 g/mol. The van der Waals surface area contributed by atoms with Crippen molar-refractivity contribution in [3.8, 4) is 0 Å². The summed E-state index contributed by atoms with van der Waals surface area (Å²) in [6.07, 6.45) is 13.4. The van der Waals surface area contributed by atoms with Gasteiger partial charge in [-0.15, -0.1) is 0 Å². The Morgan fingerprint density at radius 1 is 0.429 bits per heavy atom. The monoisotopic (exact) mass is 546 g/mol. The van der Waals surface area contributed by atoms with E-state index in [4.69, 9.17) is 0 Å². The van der Waals surface area contributed by atoms with Crippen LogP contribution in [0.1, 0.15) is 65.4 Å². The van der Waals surface area contributed by atoms with Crippen LogP contribution in [0.15, 0.2) is 109 Å². The van der Waals surface area contributed by atoms with Crippen molar-refractivity contribution in [2.45, 2.75) is 12.8 Å². The molecule has 0 spiro atoms. The van der Waals surface area contributed by atoms with Gasteiger partial charge in [0, 0.05) is 44.2 Å². The molecule has 4 aromatic rings. The standard InChI is InChI=1S/C36H22N2O4/c39-33-25-17-19-27-32-28(36(42)38(35(27)41)30-16-8-6-14-24(30)22-11-3-4-12-22)20-18-26(31(25)32)34(40)37(33)29-15-7-5-13-23(29)21-9-1-2-10-21/h1-9,11,13-20H,10,12H2. The molecule has 4 aromatic carbocycles. The SMILES string of the molecule is O=C1c2ccc3c4c(ccc(c24)C(=O)N1c1ccccc1C1=CC=CC1)C(=O)N(c1ccccc1C1=CC=CC1)C3=O. The molecule has 0 radical (unpaired) electrons. The number of carbonyl (C=O) groups is 4. The van der Waals surface area contributed by atoms with Crippen LogP contribution in [0.4, 0.5) is 11.4 Å². The molecule has 4 amide bonds. The van der Waals surface area contributed by atoms with Crippen LogP contribution in [-0.4, -0.2) is 23.6 Å². The van der Waals surface area contributed by atoms with Crippen LogP contribution in [0.5, 0.6) is 0 Å². The minimum Gasteiger partial charge on any atom is -0.268 e. The van der Waals surface area contributed by atoms with Gasteiger partial charge in [0.15, 0.2) is 0 Å². The fourth-order valence-corrected chi connectivity index (χ4v) is 6.49. The number of allylic oxidation sites excluding steroid dienone is 8. The molecule has 2 aliphatic heterocycles. The van der Waals surface area contributed by atoms with Gasteiger partial charge >= 0.3 is 0 Å². The Balaban J connectivity index is 1.28. The Kier molecular flexibility index (Phi) is 5.15. The Hall–Kier alpha value is -5.62. The van der Waals surface area contributed by atoms with Crippen LogP contribution < -0.4 is 9.80 Å². The first kappa shape index (κ1) is 24.2. The normalized spacial score (nSPS) is 17.0. The maximum absolute atomic E-state index is 14.0. The molecular weight excluding hydrogens is 524 g/mol. The smallest absolute Gasteiger partial charge is 0.266 e. The summed E-state index contributed by atoms with van der Waals surface area (Å²) in [7, 11) is 0. The van der Waals surface area contributed by atoms with Gasteiger partial charge in [0.05, 0.1) is 11.4 Å². The van der Waals surface area contributed by atoms with Crippen molar-refractivity contribution in [2.24, 2.45) is 0 Å². The largest absolute Gasteiger partial charge is 0.268 e. The molecule has 0 atom stereocenters. The first-order valence-electron chi connectivity index (χ1n) is 13.8. The van der Waals surface area contributed by atoms with Gasteiger partial charge in [0.25, 0.3) is 23.6 Å². The van der Waals surface area contributed by atoms with Crippen molar-refractivity contribution >= 4 is 56.9 Å². The lowest BCUT2D eigenvalue weighted by atomic mass is 9.85. The summed E-state index contributed by atoms with van der Waals surface area (Å²) >= 11 is 0. The van der Waals surface area contributed by atoms with E-state index in [-0.39, 0.29) is 22.3 Å². The van der Waals surface area contributed by atoms with Crippen LogP contribution in [0.3, 0.4) is 0 Å². The van der Waals surface area contributed by atoms with Crippen LogP contribution in [0.2, 0.25) is 0 Å². The van der Waals surface area contributed by atoms with Crippen molar-refractivity contribution in [3.63, 3.8) is 0 Å². The highest BCUT2D eigenvalue weighted by atomic mass is 16.2. The molecule has 0 saturated carbocycles. The molecule has 6 heteroatoms.